The van der Waals surface area contributed by atoms with Crippen LogP contribution in [-0.2, 0) is 0 Å². The SMILES string of the molecule is CB(C)c1ccc(C(C(C)(C)C)C(C)(C)C)cc1. The molecule has 0 saturated carbocycles. The van der Waals surface area contributed by atoms with E-state index in [9.17, 15) is 0 Å². The van der Waals surface area contributed by atoms with Crippen LogP contribution >= 0.6 is 0 Å². The third-order valence-corrected chi connectivity index (χ3v) is 3.67. The molecule has 0 unspecified atom stereocenters. The molecule has 1 rings (SSSR count). The maximum atomic E-state index is 2.35. The van der Waals surface area contributed by atoms with Crippen LogP contribution in [0.25, 0.3) is 0 Å². The van der Waals surface area contributed by atoms with Gasteiger partial charge in [0, 0.05) is 0 Å². The van der Waals surface area contributed by atoms with E-state index in [2.05, 4.69) is 79.5 Å². The molecule has 0 nitrogen and oxygen atoms in total. The second-order valence-electron chi connectivity index (χ2n) is 7.99. The highest BCUT2D eigenvalue weighted by Gasteiger charge is 2.35. The highest BCUT2D eigenvalue weighted by molar-refractivity contribution is 6.70. The van der Waals surface area contributed by atoms with E-state index in [1.807, 2.05) is 0 Å². The van der Waals surface area contributed by atoms with Crippen molar-refractivity contribution < 1.29 is 0 Å². The molecule has 100 valence electrons. The summed E-state index contributed by atoms with van der Waals surface area (Å²) in [5.74, 6) is 0.575. The van der Waals surface area contributed by atoms with Crippen LogP contribution in [0, 0.1) is 10.8 Å². The second-order valence-corrected chi connectivity index (χ2v) is 7.99. The van der Waals surface area contributed by atoms with E-state index in [-0.39, 0.29) is 10.8 Å². The van der Waals surface area contributed by atoms with Gasteiger partial charge in [-0.05, 0) is 22.3 Å². The zero-order valence-corrected chi connectivity index (χ0v) is 13.5. The summed E-state index contributed by atoms with van der Waals surface area (Å²) in [5.41, 5.74) is 3.48. The van der Waals surface area contributed by atoms with Crippen molar-refractivity contribution in [1.29, 1.82) is 0 Å². The molecule has 0 radical (unpaired) electrons. The Hall–Kier alpha value is -0.715. The maximum Gasteiger partial charge on any atom is 0.169 e. The molecule has 0 heterocycles. The summed E-state index contributed by atoms with van der Waals surface area (Å²) < 4.78 is 0. The Kier molecular flexibility index (Phi) is 4.36. The lowest BCUT2D eigenvalue weighted by Crippen LogP contribution is -2.31. The van der Waals surface area contributed by atoms with E-state index < -0.39 is 0 Å². The van der Waals surface area contributed by atoms with E-state index in [1.165, 1.54) is 11.0 Å². The minimum Gasteiger partial charge on any atom is -0.0819 e. The highest BCUT2D eigenvalue weighted by atomic mass is 14.4. The molecule has 0 bridgehead atoms. The molecule has 0 saturated heterocycles. The van der Waals surface area contributed by atoms with Gasteiger partial charge in [0.05, 0.1) is 0 Å². The minimum absolute atomic E-state index is 0.289. The van der Waals surface area contributed by atoms with E-state index >= 15 is 0 Å². The Morgan fingerprint density at radius 2 is 1.17 bits per heavy atom. The first-order chi connectivity index (χ1) is 8.03. The zero-order valence-electron chi connectivity index (χ0n) is 13.5. The first kappa shape index (κ1) is 15.3. The van der Waals surface area contributed by atoms with Crippen LogP contribution in [-0.4, -0.2) is 6.71 Å². The van der Waals surface area contributed by atoms with E-state index in [0.717, 1.165) is 0 Å². The number of benzene rings is 1. The second kappa shape index (κ2) is 5.11. The lowest BCUT2D eigenvalue weighted by atomic mass is 9.49. The zero-order chi connectivity index (χ0) is 14.1. The smallest absolute Gasteiger partial charge is 0.0819 e. The van der Waals surface area contributed by atoms with Crippen molar-refractivity contribution in [2.75, 3.05) is 0 Å². The Morgan fingerprint density at radius 3 is 1.44 bits per heavy atom. The van der Waals surface area contributed by atoms with Gasteiger partial charge in [0.2, 0.25) is 0 Å². The molecular formula is C17H29B. The maximum absolute atomic E-state index is 2.35. The van der Waals surface area contributed by atoms with E-state index in [0.29, 0.717) is 12.6 Å². The summed E-state index contributed by atoms with van der Waals surface area (Å²) in [4.78, 5) is 0. The monoisotopic (exact) mass is 244 g/mol. The summed E-state index contributed by atoms with van der Waals surface area (Å²) >= 11 is 0. The van der Waals surface area contributed by atoms with E-state index in [4.69, 9.17) is 0 Å². The third kappa shape index (κ3) is 3.64. The minimum atomic E-state index is 0.289. The molecule has 0 N–H and O–H groups in total. The fourth-order valence-electron chi connectivity index (χ4n) is 3.37. The first-order valence-corrected chi connectivity index (χ1v) is 7.13. The van der Waals surface area contributed by atoms with Gasteiger partial charge in [0.25, 0.3) is 0 Å². The van der Waals surface area contributed by atoms with Crippen molar-refractivity contribution in [2.24, 2.45) is 10.8 Å². The molecule has 0 spiro atoms. The highest BCUT2D eigenvalue weighted by Crippen LogP contribution is 2.46. The van der Waals surface area contributed by atoms with Gasteiger partial charge in [0.15, 0.2) is 6.71 Å². The average molecular weight is 244 g/mol. The van der Waals surface area contributed by atoms with Crippen LogP contribution in [0.3, 0.4) is 0 Å². The molecule has 0 aliphatic rings. The van der Waals surface area contributed by atoms with Crippen molar-refractivity contribution in [3.8, 4) is 0 Å². The quantitative estimate of drug-likeness (QED) is 0.654. The summed E-state index contributed by atoms with van der Waals surface area (Å²) in [6.45, 7) is 19.2. The Balaban J connectivity index is 3.16. The van der Waals surface area contributed by atoms with Crippen LogP contribution in [0.15, 0.2) is 24.3 Å². The molecule has 0 amide bonds. The summed E-state index contributed by atoms with van der Waals surface area (Å²) in [6.07, 6.45) is 0. The van der Waals surface area contributed by atoms with Gasteiger partial charge in [-0.15, -0.1) is 0 Å². The lowest BCUT2D eigenvalue weighted by Gasteiger charge is -2.41. The van der Waals surface area contributed by atoms with Crippen molar-refractivity contribution >= 4 is 12.2 Å². The van der Waals surface area contributed by atoms with Crippen molar-refractivity contribution in [1.82, 2.24) is 0 Å². The van der Waals surface area contributed by atoms with Gasteiger partial charge >= 0.3 is 0 Å². The number of hydrogen-bond acceptors (Lipinski definition) is 0. The van der Waals surface area contributed by atoms with Crippen LogP contribution in [0.2, 0.25) is 13.6 Å². The van der Waals surface area contributed by atoms with Gasteiger partial charge < -0.3 is 0 Å². The van der Waals surface area contributed by atoms with Crippen LogP contribution in [0.4, 0.5) is 0 Å². The van der Waals surface area contributed by atoms with Gasteiger partial charge in [-0.1, -0.05) is 84.9 Å². The van der Waals surface area contributed by atoms with Crippen molar-refractivity contribution in [3.63, 3.8) is 0 Å². The molecule has 0 aliphatic heterocycles. The van der Waals surface area contributed by atoms with Gasteiger partial charge in [0.1, 0.15) is 0 Å². The summed E-state index contributed by atoms with van der Waals surface area (Å²) in [7, 11) is 0. The summed E-state index contributed by atoms with van der Waals surface area (Å²) in [5, 5.41) is 0. The van der Waals surface area contributed by atoms with Crippen LogP contribution in [0.1, 0.15) is 53.0 Å². The Labute approximate surface area is 114 Å². The number of rotatable bonds is 2. The molecule has 1 heteroatoms. The molecule has 0 aromatic heterocycles. The fraction of sp³-hybridized carbons (Fsp3) is 0.647. The van der Waals surface area contributed by atoms with Crippen LogP contribution < -0.4 is 5.46 Å². The average Bonchev–Trinajstić information content (AvgIpc) is 2.13. The normalized spacial score (nSPS) is 12.9. The standard InChI is InChI=1S/C17H29B/c1-16(2,3)15(17(4,5)6)13-9-11-14(12-10-13)18(7)8/h9-12,15H,1-8H3. The fourth-order valence-corrected chi connectivity index (χ4v) is 3.37. The molecule has 0 aliphatic carbocycles. The third-order valence-electron chi connectivity index (χ3n) is 3.67. The predicted octanol–water partition coefficient (Wildman–Crippen LogP) is 4.82. The molecule has 1 aromatic carbocycles. The largest absolute Gasteiger partial charge is 0.169 e. The molecule has 0 fully saturated rings. The lowest BCUT2D eigenvalue weighted by molar-refractivity contribution is 0.176. The molecule has 0 atom stereocenters. The van der Waals surface area contributed by atoms with Gasteiger partial charge in [-0.3, -0.25) is 0 Å². The summed E-state index contributed by atoms with van der Waals surface area (Å²) in [6, 6.07) is 9.25. The topological polar surface area (TPSA) is 0 Å². The molecular weight excluding hydrogens is 215 g/mol. The molecule has 18 heavy (non-hydrogen) atoms. The first-order valence-electron chi connectivity index (χ1n) is 7.13. The van der Waals surface area contributed by atoms with Crippen molar-refractivity contribution in [3.05, 3.63) is 29.8 Å². The van der Waals surface area contributed by atoms with E-state index in [1.54, 1.807) is 0 Å². The van der Waals surface area contributed by atoms with Gasteiger partial charge in [-0.2, -0.15) is 0 Å². The molecule has 1 aromatic rings. The Bertz CT molecular complexity index is 360. The predicted molar refractivity (Wildman–Crippen MR) is 85.2 cm³/mol. The Morgan fingerprint density at radius 1 is 0.778 bits per heavy atom. The van der Waals surface area contributed by atoms with Gasteiger partial charge in [-0.25, -0.2) is 0 Å². The van der Waals surface area contributed by atoms with Crippen molar-refractivity contribution in [2.45, 2.75) is 61.1 Å². The van der Waals surface area contributed by atoms with Crippen LogP contribution in [0.5, 0.6) is 0 Å². The number of hydrogen-bond donors (Lipinski definition) is 0.